The van der Waals surface area contributed by atoms with Gasteiger partial charge in [0.2, 0.25) is 11.8 Å². The van der Waals surface area contributed by atoms with E-state index in [-0.39, 0.29) is 17.4 Å². The number of anilines is 1. The molecule has 0 bridgehead atoms. The Hall–Kier alpha value is -2.71. The molecule has 9 nitrogen and oxygen atoms in total. The second-order valence-corrected chi connectivity index (χ2v) is 6.83. The number of nitrogens with zero attached hydrogens (tertiary/aromatic N) is 6. The van der Waals surface area contributed by atoms with E-state index < -0.39 is 0 Å². The average molecular weight is 343 g/mol. The molecule has 3 aromatic rings. The highest BCUT2D eigenvalue weighted by atomic mass is 16.5. The molecule has 3 aromatic heterocycles. The molecule has 25 heavy (non-hydrogen) atoms. The van der Waals surface area contributed by atoms with Crippen molar-refractivity contribution in [2.75, 3.05) is 18.0 Å². The molecule has 0 aliphatic carbocycles. The second-order valence-electron chi connectivity index (χ2n) is 6.83. The van der Waals surface area contributed by atoms with Crippen LogP contribution in [0, 0.1) is 0 Å². The third-order valence-electron chi connectivity index (χ3n) is 4.63. The lowest BCUT2D eigenvalue weighted by molar-refractivity contribution is 0.354. The minimum atomic E-state index is -0.170. The maximum atomic E-state index is 12.3. The molecule has 0 amide bonds. The third-order valence-corrected chi connectivity index (χ3v) is 4.63. The van der Waals surface area contributed by atoms with Crippen molar-refractivity contribution in [3.8, 4) is 0 Å². The van der Waals surface area contributed by atoms with E-state index in [4.69, 9.17) is 4.52 Å². The summed E-state index contributed by atoms with van der Waals surface area (Å²) in [5.41, 5.74) is 0.416. The summed E-state index contributed by atoms with van der Waals surface area (Å²) in [5.74, 6) is 2.34. The third kappa shape index (κ3) is 2.79. The average Bonchev–Trinajstić information content (AvgIpc) is 3.23. The van der Waals surface area contributed by atoms with Crippen LogP contribution in [0.5, 0.6) is 0 Å². The topological polar surface area (TPSA) is 106 Å². The summed E-state index contributed by atoms with van der Waals surface area (Å²) >= 11 is 0. The fourth-order valence-electron chi connectivity index (χ4n) is 3.20. The number of piperidine rings is 1. The fraction of sp³-hybridized carbons (Fsp3) is 0.562. The number of aromatic amines is 1. The molecular weight excluding hydrogens is 322 g/mol. The molecule has 1 atom stereocenters. The molecule has 1 aliphatic heterocycles. The lowest BCUT2D eigenvalue weighted by Crippen LogP contribution is -2.37. The van der Waals surface area contributed by atoms with E-state index in [0.717, 1.165) is 25.2 Å². The Morgan fingerprint density at radius 2 is 2.20 bits per heavy atom. The van der Waals surface area contributed by atoms with Crippen LogP contribution in [0.25, 0.3) is 11.0 Å². The normalized spacial score (nSPS) is 18.4. The Morgan fingerprint density at radius 3 is 2.96 bits per heavy atom. The Kier molecular flexibility index (Phi) is 3.78. The number of aryl methyl sites for hydroxylation is 1. The lowest BCUT2D eigenvalue weighted by Gasteiger charge is -2.31. The number of fused-ring (bicyclic) bond motifs is 1. The number of hydrogen-bond acceptors (Lipinski definition) is 7. The van der Waals surface area contributed by atoms with Gasteiger partial charge >= 0.3 is 0 Å². The van der Waals surface area contributed by atoms with Crippen LogP contribution >= 0.6 is 0 Å². The van der Waals surface area contributed by atoms with Crippen molar-refractivity contribution in [2.24, 2.45) is 7.05 Å². The summed E-state index contributed by atoms with van der Waals surface area (Å²) in [6.07, 6.45) is 3.51. The summed E-state index contributed by atoms with van der Waals surface area (Å²) < 4.78 is 6.95. The molecule has 4 heterocycles. The monoisotopic (exact) mass is 343 g/mol. The van der Waals surface area contributed by atoms with E-state index in [0.29, 0.717) is 29.4 Å². The molecule has 1 fully saturated rings. The first-order valence-corrected chi connectivity index (χ1v) is 8.53. The van der Waals surface area contributed by atoms with Crippen molar-refractivity contribution in [1.82, 2.24) is 29.9 Å². The van der Waals surface area contributed by atoms with E-state index in [9.17, 15) is 4.79 Å². The summed E-state index contributed by atoms with van der Waals surface area (Å²) in [5, 5.41) is 8.75. The summed E-state index contributed by atoms with van der Waals surface area (Å²) in [7, 11) is 1.78. The molecule has 0 aromatic carbocycles. The molecular formula is C16H21N7O2. The number of rotatable bonds is 3. The zero-order chi connectivity index (χ0) is 17.6. The van der Waals surface area contributed by atoms with Crippen molar-refractivity contribution in [3.05, 3.63) is 28.3 Å². The number of aromatic nitrogens is 6. The molecule has 9 heteroatoms. The first-order chi connectivity index (χ1) is 12.0. The summed E-state index contributed by atoms with van der Waals surface area (Å²) in [4.78, 5) is 26.3. The summed E-state index contributed by atoms with van der Waals surface area (Å²) in [6.45, 7) is 5.59. The van der Waals surface area contributed by atoms with Gasteiger partial charge in [0, 0.05) is 32.0 Å². The van der Waals surface area contributed by atoms with Crippen molar-refractivity contribution < 1.29 is 4.52 Å². The minimum absolute atomic E-state index is 0.164. The van der Waals surface area contributed by atoms with E-state index in [2.05, 4.69) is 30.1 Å². The Bertz CT molecular complexity index is 955. The summed E-state index contributed by atoms with van der Waals surface area (Å²) in [6, 6.07) is 0. The van der Waals surface area contributed by atoms with Crippen LogP contribution in [0.2, 0.25) is 0 Å². The van der Waals surface area contributed by atoms with Gasteiger partial charge in [-0.3, -0.25) is 14.5 Å². The Morgan fingerprint density at radius 1 is 1.36 bits per heavy atom. The first-order valence-electron chi connectivity index (χ1n) is 8.53. The molecule has 0 saturated carbocycles. The van der Waals surface area contributed by atoms with Crippen molar-refractivity contribution in [3.63, 3.8) is 0 Å². The highest BCUT2D eigenvalue weighted by Gasteiger charge is 2.27. The van der Waals surface area contributed by atoms with Crippen LogP contribution in [-0.4, -0.2) is 43.0 Å². The van der Waals surface area contributed by atoms with Crippen LogP contribution < -0.4 is 10.5 Å². The van der Waals surface area contributed by atoms with Gasteiger partial charge in [-0.1, -0.05) is 19.0 Å². The smallest absolute Gasteiger partial charge is 0.263 e. The quantitative estimate of drug-likeness (QED) is 0.769. The van der Waals surface area contributed by atoms with E-state index in [1.54, 1.807) is 11.7 Å². The maximum Gasteiger partial charge on any atom is 0.263 e. The molecule has 132 valence electrons. The van der Waals surface area contributed by atoms with Gasteiger partial charge in [-0.05, 0) is 12.8 Å². The SMILES string of the molecule is CC(C)c1nc(C2CCCN(c3nc4c(cnn4C)c(=O)[nH]3)C2)no1. The Balaban J connectivity index is 1.62. The molecule has 4 rings (SSSR count). The first kappa shape index (κ1) is 15.8. The standard InChI is InChI=1S/C16H21N7O2/c1-9(2)15-18-12(21-25-15)10-5-4-6-23(8-10)16-19-13-11(14(24)20-16)7-17-22(13)3/h7,9-10H,4-6,8H2,1-3H3,(H,19,20,24). The van der Waals surface area contributed by atoms with Gasteiger partial charge in [-0.25, -0.2) is 0 Å². The van der Waals surface area contributed by atoms with Gasteiger partial charge in [0.05, 0.1) is 6.20 Å². The highest BCUT2D eigenvalue weighted by Crippen LogP contribution is 2.28. The number of H-pyrrole nitrogens is 1. The zero-order valence-corrected chi connectivity index (χ0v) is 14.6. The van der Waals surface area contributed by atoms with Crippen LogP contribution in [0.3, 0.4) is 0 Å². The maximum absolute atomic E-state index is 12.3. The van der Waals surface area contributed by atoms with Gasteiger partial charge < -0.3 is 9.42 Å². The predicted molar refractivity (Wildman–Crippen MR) is 91.7 cm³/mol. The minimum Gasteiger partial charge on any atom is -0.342 e. The fourth-order valence-corrected chi connectivity index (χ4v) is 3.20. The number of hydrogen-bond donors (Lipinski definition) is 1. The highest BCUT2D eigenvalue weighted by molar-refractivity contribution is 5.74. The molecule has 1 saturated heterocycles. The van der Waals surface area contributed by atoms with Gasteiger partial charge in [0.25, 0.3) is 5.56 Å². The van der Waals surface area contributed by atoms with E-state index in [1.165, 1.54) is 6.20 Å². The second kappa shape index (κ2) is 5.98. The molecule has 1 unspecified atom stereocenters. The van der Waals surface area contributed by atoms with Crippen molar-refractivity contribution in [1.29, 1.82) is 0 Å². The van der Waals surface area contributed by atoms with E-state index >= 15 is 0 Å². The van der Waals surface area contributed by atoms with Crippen LogP contribution in [0.1, 0.15) is 50.2 Å². The zero-order valence-electron chi connectivity index (χ0n) is 14.6. The molecule has 0 radical (unpaired) electrons. The molecule has 1 N–H and O–H groups in total. The van der Waals surface area contributed by atoms with E-state index in [1.807, 2.05) is 13.8 Å². The molecule has 0 spiro atoms. The molecule has 1 aliphatic rings. The lowest BCUT2D eigenvalue weighted by atomic mass is 9.97. The van der Waals surface area contributed by atoms with Gasteiger partial charge in [0.15, 0.2) is 11.5 Å². The van der Waals surface area contributed by atoms with Crippen LogP contribution in [-0.2, 0) is 7.05 Å². The van der Waals surface area contributed by atoms with Gasteiger partial charge in [-0.15, -0.1) is 0 Å². The van der Waals surface area contributed by atoms with Crippen LogP contribution in [0.4, 0.5) is 5.95 Å². The van der Waals surface area contributed by atoms with Crippen molar-refractivity contribution >= 4 is 17.0 Å². The predicted octanol–water partition coefficient (Wildman–Crippen LogP) is 1.55. The van der Waals surface area contributed by atoms with Gasteiger partial charge in [0.1, 0.15) is 5.39 Å². The van der Waals surface area contributed by atoms with Gasteiger partial charge in [-0.2, -0.15) is 15.1 Å². The van der Waals surface area contributed by atoms with Crippen LogP contribution in [0.15, 0.2) is 15.5 Å². The largest absolute Gasteiger partial charge is 0.342 e. The number of nitrogens with one attached hydrogen (secondary N) is 1. The van der Waals surface area contributed by atoms with Crippen molar-refractivity contribution in [2.45, 2.75) is 38.5 Å². The Labute approximate surface area is 144 Å².